The zero-order chi connectivity index (χ0) is 35.5. The van der Waals surface area contributed by atoms with Crippen LogP contribution < -0.4 is 32.2 Å². The zero-order valence-corrected chi connectivity index (χ0v) is 31.3. The molecule has 0 aliphatic heterocycles. The average Bonchev–Trinajstić information content (AvgIpc) is 3.17. The number of nitrogens with zero attached hydrogens (tertiary/aromatic N) is 2. The number of anilines is 2. The first-order valence-corrected chi connectivity index (χ1v) is 20.8. The van der Waals surface area contributed by atoms with Crippen molar-refractivity contribution in [1.82, 2.24) is 9.97 Å². The summed E-state index contributed by atoms with van der Waals surface area (Å²) >= 11 is 0. The fourth-order valence-corrected chi connectivity index (χ4v) is 12.4. The van der Waals surface area contributed by atoms with Gasteiger partial charge in [0.25, 0.3) is 0 Å². The van der Waals surface area contributed by atoms with Gasteiger partial charge in [-0.2, -0.15) is 0 Å². The third-order valence-electron chi connectivity index (χ3n) is 10.1. The molecule has 0 saturated heterocycles. The van der Waals surface area contributed by atoms with Gasteiger partial charge in [0.15, 0.2) is 8.07 Å². The summed E-state index contributed by atoms with van der Waals surface area (Å²) in [5.74, 6) is 1.07. The van der Waals surface area contributed by atoms with E-state index >= 15 is 0 Å². The van der Waals surface area contributed by atoms with Gasteiger partial charge >= 0.3 is 0 Å². The van der Waals surface area contributed by atoms with Gasteiger partial charge in [0.2, 0.25) is 0 Å². The van der Waals surface area contributed by atoms with Crippen LogP contribution in [0.15, 0.2) is 134 Å². The average molecular weight is 689 g/mol. The number of nitrogens with two attached hydrogens (primary N) is 2. The lowest BCUT2D eigenvalue weighted by Gasteiger charge is -2.36. The van der Waals surface area contributed by atoms with Gasteiger partial charge in [-0.05, 0) is 92.9 Å². The second-order valence-corrected chi connectivity index (χ2v) is 17.7. The van der Waals surface area contributed by atoms with Crippen LogP contribution in [0.3, 0.4) is 0 Å². The molecule has 4 aromatic carbocycles. The van der Waals surface area contributed by atoms with Crippen LogP contribution in [-0.2, 0) is 12.8 Å². The summed E-state index contributed by atoms with van der Waals surface area (Å²) in [6.07, 6.45) is 15.7. The molecule has 0 saturated carbocycles. The maximum absolute atomic E-state index is 6.08. The Hall–Kier alpha value is -5.00. The van der Waals surface area contributed by atoms with Gasteiger partial charge in [-0.1, -0.05) is 149 Å². The first-order valence-electron chi connectivity index (χ1n) is 18.8. The molecule has 0 unspecified atom stereocenters. The fourth-order valence-electron chi connectivity index (χ4n) is 7.48. The monoisotopic (exact) mass is 688 g/mol. The second-order valence-electron chi connectivity index (χ2n) is 13.9. The molecule has 0 aliphatic rings. The van der Waals surface area contributed by atoms with E-state index in [-0.39, 0.29) is 0 Å². The van der Waals surface area contributed by atoms with Gasteiger partial charge in [0, 0.05) is 23.5 Å². The minimum atomic E-state index is -2.91. The van der Waals surface area contributed by atoms with Crippen molar-refractivity contribution in [3.63, 3.8) is 0 Å². The number of hydrogen-bond donors (Lipinski definition) is 2. The Balaban J connectivity index is 1.66. The highest BCUT2D eigenvalue weighted by Gasteiger charge is 2.42. The third-order valence-corrected chi connectivity index (χ3v) is 14.9. The number of aromatic nitrogens is 2. The highest BCUT2D eigenvalue weighted by molar-refractivity contribution is 7.20. The van der Waals surface area contributed by atoms with Crippen molar-refractivity contribution >= 4 is 40.5 Å². The van der Waals surface area contributed by atoms with Crippen LogP contribution in [0.25, 0.3) is 22.3 Å². The van der Waals surface area contributed by atoms with Crippen LogP contribution in [0, 0.1) is 0 Å². The van der Waals surface area contributed by atoms with E-state index in [1.165, 1.54) is 94.4 Å². The molecular weight excluding hydrogens is 637 g/mol. The van der Waals surface area contributed by atoms with E-state index in [9.17, 15) is 0 Å². The van der Waals surface area contributed by atoms with E-state index in [4.69, 9.17) is 11.5 Å². The summed E-state index contributed by atoms with van der Waals surface area (Å²) in [5.41, 5.74) is 19.4. The molecule has 0 bridgehead atoms. The summed E-state index contributed by atoms with van der Waals surface area (Å²) in [7, 11) is -2.91. The van der Waals surface area contributed by atoms with Crippen molar-refractivity contribution in [3.8, 4) is 22.3 Å². The predicted octanol–water partition coefficient (Wildman–Crippen LogP) is 8.60. The van der Waals surface area contributed by atoms with Crippen molar-refractivity contribution in [2.45, 2.75) is 78.1 Å². The number of hydrogen-bond acceptors (Lipinski definition) is 4. The van der Waals surface area contributed by atoms with Gasteiger partial charge in [-0.3, -0.25) is 0 Å². The Labute approximate surface area is 306 Å². The van der Waals surface area contributed by atoms with Crippen LogP contribution in [0.1, 0.15) is 76.3 Å². The van der Waals surface area contributed by atoms with Crippen molar-refractivity contribution in [2.24, 2.45) is 0 Å². The van der Waals surface area contributed by atoms with Gasteiger partial charge < -0.3 is 11.5 Å². The van der Waals surface area contributed by atoms with Crippen molar-refractivity contribution in [3.05, 3.63) is 145 Å². The smallest absolute Gasteiger partial charge is 0.179 e. The lowest BCUT2D eigenvalue weighted by Crippen LogP contribution is -2.75. The van der Waals surface area contributed by atoms with Crippen LogP contribution in [0.5, 0.6) is 0 Å². The van der Waals surface area contributed by atoms with E-state index in [1.54, 1.807) is 0 Å². The molecular formula is C46H52N4Si. The number of aryl methyl sites for hydroxylation is 2. The summed E-state index contributed by atoms with van der Waals surface area (Å²) in [5, 5.41) is 5.49. The Morgan fingerprint density at radius 1 is 0.431 bits per heavy atom. The Bertz CT molecular complexity index is 1830. The largest absolute Gasteiger partial charge is 0.384 e. The number of nitrogen functional groups attached to an aromatic ring is 2. The Morgan fingerprint density at radius 3 is 1.24 bits per heavy atom. The van der Waals surface area contributed by atoms with Gasteiger partial charge in [0.1, 0.15) is 11.6 Å². The topological polar surface area (TPSA) is 77.8 Å². The molecule has 5 heteroatoms. The molecule has 4 N–H and O–H groups in total. The number of rotatable bonds is 16. The fraction of sp³-hybridized carbons (Fsp3) is 0.261. The molecule has 6 rings (SSSR count). The van der Waals surface area contributed by atoms with E-state index in [2.05, 4.69) is 133 Å². The van der Waals surface area contributed by atoms with Crippen molar-refractivity contribution in [1.29, 1.82) is 0 Å². The minimum Gasteiger partial charge on any atom is -0.384 e. The highest BCUT2D eigenvalue weighted by Crippen LogP contribution is 2.26. The summed E-state index contributed by atoms with van der Waals surface area (Å²) in [6.45, 7) is 4.55. The van der Waals surface area contributed by atoms with E-state index in [1.807, 2.05) is 24.5 Å². The molecule has 51 heavy (non-hydrogen) atoms. The van der Waals surface area contributed by atoms with Gasteiger partial charge in [-0.25, -0.2) is 9.97 Å². The lowest BCUT2D eigenvalue weighted by atomic mass is 10.0. The van der Waals surface area contributed by atoms with Crippen molar-refractivity contribution in [2.75, 3.05) is 11.5 Å². The quantitative estimate of drug-likeness (QED) is 0.0607. The molecule has 0 atom stereocenters. The van der Waals surface area contributed by atoms with E-state index < -0.39 is 8.07 Å². The second kappa shape index (κ2) is 17.3. The molecule has 6 aromatic rings. The molecule has 0 radical (unpaired) electrons. The van der Waals surface area contributed by atoms with E-state index in [0.29, 0.717) is 11.6 Å². The molecule has 0 spiro atoms. The standard InChI is InChI=1S/C46H52N4Si/c1-3-5-7-11-17-35-27-39(37-23-25-45(47)49-33-37)31-43(29-35)51(41-19-13-9-14-20-41,42-21-15-10-16-22-42)44-30-36(18-12-8-6-4-2)28-40(32-44)38-24-26-46(48)50-34-38/h9-10,13-16,19-34H,3-8,11-12,17-18H2,1-2H3,(H2,47,49)(H2,48,50). The van der Waals surface area contributed by atoms with Crippen LogP contribution in [0.4, 0.5) is 11.6 Å². The predicted molar refractivity (Wildman–Crippen MR) is 221 cm³/mol. The van der Waals surface area contributed by atoms with Crippen molar-refractivity contribution < 1.29 is 0 Å². The molecule has 4 nitrogen and oxygen atoms in total. The number of unbranched alkanes of at least 4 members (excludes halogenated alkanes) is 6. The first-order chi connectivity index (χ1) is 25.0. The Kier molecular flexibility index (Phi) is 12.1. The molecule has 0 fully saturated rings. The van der Waals surface area contributed by atoms with Crippen LogP contribution in [0.2, 0.25) is 0 Å². The normalized spacial score (nSPS) is 11.5. The third kappa shape index (κ3) is 8.49. The molecule has 0 amide bonds. The Morgan fingerprint density at radius 2 is 0.863 bits per heavy atom. The lowest BCUT2D eigenvalue weighted by molar-refractivity contribution is 0.667. The van der Waals surface area contributed by atoms with Crippen LogP contribution >= 0.6 is 0 Å². The molecule has 2 heterocycles. The maximum atomic E-state index is 6.08. The van der Waals surface area contributed by atoms with Gasteiger partial charge in [-0.15, -0.1) is 0 Å². The molecule has 2 aromatic heterocycles. The number of benzene rings is 4. The summed E-state index contributed by atoms with van der Waals surface area (Å²) in [6, 6.07) is 45.3. The van der Waals surface area contributed by atoms with E-state index in [0.717, 1.165) is 24.0 Å². The SMILES string of the molecule is CCCCCCc1cc(-c2ccc(N)nc2)cc([Si](c2ccccc2)(c2ccccc2)c2cc(CCCCCC)cc(-c3ccc(N)nc3)c2)c1. The molecule has 0 aliphatic carbocycles. The molecule has 260 valence electrons. The summed E-state index contributed by atoms with van der Waals surface area (Å²) < 4.78 is 0. The number of pyridine rings is 2. The maximum Gasteiger partial charge on any atom is 0.179 e. The summed E-state index contributed by atoms with van der Waals surface area (Å²) in [4.78, 5) is 9.03. The minimum absolute atomic E-state index is 0.535. The highest BCUT2D eigenvalue weighted by atomic mass is 28.3. The zero-order valence-electron chi connectivity index (χ0n) is 30.3. The van der Waals surface area contributed by atoms with Crippen LogP contribution in [-0.4, -0.2) is 18.0 Å². The first kappa shape index (κ1) is 35.8. The van der Waals surface area contributed by atoms with Gasteiger partial charge in [0.05, 0.1) is 0 Å².